The zero-order valence-corrected chi connectivity index (χ0v) is 20.4. The zero-order chi connectivity index (χ0) is 23.8. The molecular weight excluding hydrogens is 451 g/mol. The molecule has 7 heteroatoms. The standard InChI is InChI=1S/C27H33FN2O3S/c28-24-9-7-23(8-10-24)27(14-1-2-15-27)19-29-26(31)21-12-16-30(17-13-21)34(32,33)25-11-6-20-4-3-5-22(20)18-25/h6-11,18,21H,1-5,12-17,19H2,(H,29,31). The molecule has 3 aliphatic rings. The first-order valence-corrected chi connectivity index (χ1v) is 14.0. The second-order valence-corrected chi connectivity index (χ2v) is 12.1. The van der Waals surface area contributed by atoms with Gasteiger partial charge in [0, 0.05) is 31.0 Å². The first kappa shape index (κ1) is 23.5. The molecule has 0 atom stereocenters. The number of fused-ring (bicyclic) bond motifs is 1. The van der Waals surface area contributed by atoms with Crippen molar-refractivity contribution in [3.63, 3.8) is 0 Å². The van der Waals surface area contributed by atoms with Crippen LogP contribution < -0.4 is 5.32 Å². The number of amides is 1. The van der Waals surface area contributed by atoms with E-state index in [4.69, 9.17) is 0 Å². The number of piperidine rings is 1. The van der Waals surface area contributed by atoms with Gasteiger partial charge in [0.1, 0.15) is 5.82 Å². The summed E-state index contributed by atoms with van der Waals surface area (Å²) < 4.78 is 41.3. The Kier molecular flexibility index (Phi) is 6.51. The number of carbonyl (C=O) groups excluding carboxylic acids is 1. The van der Waals surface area contributed by atoms with E-state index in [1.807, 2.05) is 24.3 Å². The quantitative estimate of drug-likeness (QED) is 0.663. The number of carbonyl (C=O) groups is 1. The lowest BCUT2D eigenvalue weighted by atomic mass is 9.78. The molecule has 0 spiro atoms. The third kappa shape index (κ3) is 4.52. The lowest BCUT2D eigenvalue weighted by Gasteiger charge is -2.33. The summed E-state index contributed by atoms with van der Waals surface area (Å²) in [6.07, 6.45) is 8.28. The first-order valence-electron chi connectivity index (χ1n) is 12.5. The maximum absolute atomic E-state index is 13.4. The van der Waals surface area contributed by atoms with E-state index in [-0.39, 0.29) is 23.1 Å². The minimum Gasteiger partial charge on any atom is -0.355 e. The Hall–Kier alpha value is -2.25. The van der Waals surface area contributed by atoms with Crippen LogP contribution in [0, 0.1) is 11.7 Å². The van der Waals surface area contributed by atoms with E-state index in [9.17, 15) is 17.6 Å². The minimum atomic E-state index is -3.54. The van der Waals surface area contributed by atoms with Gasteiger partial charge in [-0.2, -0.15) is 4.31 Å². The molecule has 1 N–H and O–H groups in total. The SMILES string of the molecule is O=C(NCC1(c2ccc(F)cc2)CCCC1)C1CCN(S(=O)(=O)c2ccc3c(c2)CCC3)CC1. The average Bonchev–Trinajstić information content (AvgIpc) is 3.53. The Bertz CT molecular complexity index is 1150. The number of benzene rings is 2. The molecule has 2 aromatic rings. The summed E-state index contributed by atoms with van der Waals surface area (Å²) in [4.78, 5) is 13.4. The van der Waals surface area contributed by atoms with E-state index in [1.54, 1.807) is 6.07 Å². The van der Waals surface area contributed by atoms with Gasteiger partial charge in [-0.1, -0.05) is 31.0 Å². The maximum atomic E-state index is 13.4. The molecule has 0 bridgehead atoms. The summed E-state index contributed by atoms with van der Waals surface area (Å²) in [5.41, 5.74) is 3.36. The van der Waals surface area contributed by atoms with E-state index in [0.717, 1.165) is 56.1 Å². The second kappa shape index (κ2) is 9.42. The van der Waals surface area contributed by atoms with Crippen LogP contribution in [0.25, 0.3) is 0 Å². The summed E-state index contributed by atoms with van der Waals surface area (Å²) in [5.74, 6) is -0.427. The molecule has 5 nitrogen and oxygen atoms in total. The van der Waals surface area contributed by atoms with Crippen LogP contribution in [0.5, 0.6) is 0 Å². The van der Waals surface area contributed by atoms with Crippen molar-refractivity contribution in [2.24, 2.45) is 5.92 Å². The zero-order valence-electron chi connectivity index (χ0n) is 19.6. The average molecular weight is 485 g/mol. The summed E-state index contributed by atoms with van der Waals surface area (Å²) >= 11 is 0. The third-order valence-corrected chi connectivity index (χ3v) is 10.0. The molecule has 2 aromatic carbocycles. The van der Waals surface area contributed by atoms with Crippen molar-refractivity contribution in [3.05, 3.63) is 65.0 Å². The summed E-state index contributed by atoms with van der Waals surface area (Å²) in [6, 6.07) is 12.2. The number of hydrogen-bond donors (Lipinski definition) is 1. The van der Waals surface area contributed by atoms with Gasteiger partial charge < -0.3 is 5.32 Å². The van der Waals surface area contributed by atoms with Gasteiger partial charge in [0.2, 0.25) is 15.9 Å². The van der Waals surface area contributed by atoms with Gasteiger partial charge in [0.25, 0.3) is 0 Å². The highest BCUT2D eigenvalue weighted by Crippen LogP contribution is 2.41. The van der Waals surface area contributed by atoms with Crippen molar-refractivity contribution < 1.29 is 17.6 Å². The topological polar surface area (TPSA) is 66.5 Å². The van der Waals surface area contributed by atoms with Crippen LogP contribution in [0.1, 0.15) is 61.6 Å². The Morgan fingerprint density at radius 2 is 1.65 bits per heavy atom. The van der Waals surface area contributed by atoms with E-state index in [1.165, 1.54) is 22.0 Å². The number of hydrogen-bond acceptors (Lipinski definition) is 3. The molecule has 34 heavy (non-hydrogen) atoms. The molecule has 0 unspecified atom stereocenters. The Balaban J connectivity index is 1.19. The van der Waals surface area contributed by atoms with Crippen molar-refractivity contribution in [1.29, 1.82) is 0 Å². The maximum Gasteiger partial charge on any atom is 0.243 e. The number of nitrogens with one attached hydrogen (secondary N) is 1. The fourth-order valence-corrected chi connectivity index (χ4v) is 7.56. The highest BCUT2D eigenvalue weighted by molar-refractivity contribution is 7.89. The van der Waals surface area contributed by atoms with Gasteiger partial charge in [0.05, 0.1) is 4.90 Å². The Morgan fingerprint density at radius 1 is 0.971 bits per heavy atom. The van der Waals surface area contributed by atoms with Crippen LogP contribution in [0.3, 0.4) is 0 Å². The second-order valence-electron chi connectivity index (χ2n) is 10.2. The van der Waals surface area contributed by atoms with Gasteiger partial charge >= 0.3 is 0 Å². The molecule has 1 aliphatic heterocycles. The number of rotatable bonds is 6. The van der Waals surface area contributed by atoms with Crippen molar-refractivity contribution in [3.8, 4) is 0 Å². The van der Waals surface area contributed by atoms with E-state index in [0.29, 0.717) is 37.4 Å². The third-order valence-electron chi connectivity index (χ3n) is 8.15. The first-order chi connectivity index (χ1) is 16.4. The molecule has 0 aromatic heterocycles. The molecule has 1 saturated heterocycles. The van der Waals surface area contributed by atoms with Crippen LogP contribution in [0.4, 0.5) is 4.39 Å². The van der Waals surface area contributed by atoms with Crippen LogP contribution in [0.15, 0.2) is 47.4 Å². The Labute approximate surface area is 201 Å². The van der Waals surface area contributed by atoms with Crippen LogP contribution in [0.2, 0.25) is 0 Å². The van der Waals surface area contributed by atoms with Crippen LogP contribution in [-0.2, 0) is 33.1 Å². The molecule has 2 fully saturated rings. The van der Waals surface area contributed by atoms with E-state index < -0.39 is 10.0 Å². The smallest absolute Gasteiger partial charge is 0.243 e. The Morgan fingerprint density at radius 3 is 2.35 bits per heavy atom. The number of nitrogens with zero attached hydrogens (tertiary/aromatic N) is 1. The van der Waals surface area contributed by atoms with Crippen molar-refractivity contribution in [2.75, 3.05) is 19.6 Å². The fourth-order valence-electron chi connectivity index (χ4n) is 6.04. The number of sulfonamides is 1. The molecule has 1 heterocycles. The summed E-state index contributed by atoms with van der Waals surface area (Å²) in [7, 11) is -3.54. The lowest BCUT2D eigenvalue weighted by molar-refractivity contribution is -0.126. The fraction of sp³-hybridized carbons (Fsp3) is 0.519. The van der Waals surface area contributed by atoms with Crippen molar-refractivity contribution >= 4 is 15.9 Å². The number of halogens is 1. The van der Waals surface area contributed by atoms with Gasteiger partial charge in [-0.3, -0.25) is 4.79 Å². The van der Waals surface area contributed by atoms with Gasteiger partial charge in [-0.25, -0.2) is 12.8 Å². The highest BCUT2D eigenvalue weighted by Gasteiger charge is 2.37. The molecular formula is C27H33FN2O3S. The normalized spacial score (nSPS) is 20.9. The van der Waals surface area contributed by atoms with Crippen LogP contribution >= 0.6 is 0 Å². The van der Waals surface area contributed by atoms with Gasteiger partial charge in [0.15, 0.2) is 0 Å². The molecule has 5 rings (SSSR count). The molecule has 0 radical (unpaired) electrons. The summed E-state index contributed by atoms with van der Waals surface area (Å²) in [6.45, 7) is 1.27. The predicted octanol–water partition coefficient (Wildman–Crippen LogP) is 4.34. The molecule has 2 aliphatic carbocycles. The van der Waals surface area contributed by atoms with Gasteiger partial charge in [-0.15, -0.1) is 0 Å². The largest absolute Gasteiger partial charge is 0.355 e. The summed E-state index contributed by atoms with van der Waals surface area (Å²) in [5, 5.41) is 3.16. The van der Waals surface area contributed by atoms with Gasteiger partial charge in [-0.05, 0) is 85.9 Å². The highest BCUT2D eigenvalue weighted by atomic mass is 32.2. The monoisotopic (exact) mass is 484 g/mol. The molecule has 1 saturated carbocycles. The lowest BCUT2D eigenvalue weighted by Crippen LogP contribution is -2.45. The molecule has 1 amide bonds. The van der Waals surface area contributed by atoms with Crippen molar-refractivity contribution in [2.45, 2.75) is 68.1 Å². The van der Waals surface area contributed by atoms with Crippen LogP contribution in [-0.4, -0.2) is 38.3 Å². The van der Waals surface area contributed by atoms with E-state index >= 15 is 0 Å². The predicted molar refractivity (Wildman–Crippen MR) is 130 cm³/mol. The number of aryl methyl sites for hydroxylation is 2. The van der Waals surface area contributed by atoms with Crippen molar-refractivity contribution in [1.82, 2.24) is 9.62 Å². The minimum absolute atomic E-state index is 0.00275. The molecule has 182 valence electrons. The van der Waals surface area contributed by atoms with E-state index in [2.05, 4.69) is 5.32 Å².